The smallest absolute Gasteiger partial charge is 0.337 e. The zero-order chi connectivity index (χ0) is 26.9. The number of carboxylic acid groups (broad SMARTS) is 1. The van der Waals surface area contributed by atoms with Gasteiger partial charge in [-0.15, -0.1) is 11.3 Å². The normalized spacial score (nSPS) is 12.0. The third-order valence-electron chi connectivity index (χ3n) is 5.30. The first-order valence-corrected chi connectivity index (χ1v) is 14.4. The van der Waals surface area contributed by atoms with Gasteiger partial charge in [0.15, 0.2) is 4.34 Å². The summed E-state index contributed by atoms with van der Waals surface area (Å²) in [6.07, 6.45) is 7.73. The van der Waals surface area contributed by atoms with Gasteiger partial charge in [-0.1, -0.05) is 56.0 Å². The Balaban J connectivity index is 2.08. The fraction of sp³-hybridized carbons (Fsp3) is 0.615. The molecule has 0 radical (unpaired) electrons. The second-order valence-corrected chi connectivity index (χ2v) is 13.3. The van der Waals surface area contributed by atoms with Crippen molar-refractivity contribution in [1.29, 1.82) is 0 Å². The van der Waals surface area contributed by atoms with Crippen LogP contribution in [0.15, 0.2) is 22.0 Å². The van der Waals surface area contributed by atoms with Gasteiger partial charge >= 0.3 is 11.9 Å². The Morgan fingerprint density at radius 1 is 1.14 bits per heavy atom. The van der Waals surface area contributed by atoms with Crippen molar-refractivity contribution < 1.29 is 19.4 Å². The van der Waals surface area contributed by atoms with E-state index in [1.54, 1.807) is 0 Å². The second kappa shape index (κ2) is 13.6. The Labute approximate surface area is 228 Å². The summed E-state index contributed by atoms with van der Waals surface area (Å²) in [6.45, 7) is 12.9. The van der Waals surface area contributed by atoms with Crippen molar-refractivity contribution >= 4 is 52.5 Å². The summed E-state index contributed by atoms with van der Waals surface area (Å²) in [5.41, 5.74) is 0.457. The average molecular weight is 556 g/mol. The third kappa shape index (κ3) is 9.90. The van der Waals surface area contributed by atoms with Crippen molar-refractivity contribution in [3.63, 3.8) is 0 Å². The molecule has 0 spiro atoms. The van der Waals surface area contributed by atoms with E-state index in [-0.39, 0.29) is 11.5 Å². The minimum atomic E-state index is -1.05. The number of carbonyl (C=O) groups is 2. The summed E-state index contributed by atoms with van der Waals surface area (Å²) in [6, 6.07) is 1.45. The number of pyridine rings is 1. The lowest BCUT2D eigenvalue weighted by Crippen LogP contribution is -2.36. The third-order valence-corrected chi connectivity index (χ3v) is 7.74. The number of esters is 1. The van der Waals surface area contributed by atoms with Crippen molar-refractivity contribution in [2.75, 3.05) is 18.0 Å². The zero-order valence-electron chi connectivity index (χ0n) is 22.1. The van der Waals surface area contributed by atoms with Crippen molar-refractivity contribution in [3.05, 3.63) is 33.9 Å². The van der Waals surface area contributed by atoms with Crippen molar-refractivity contribution in [1.82, 2.24) is 9.97 Å². The van der Waals surface area contributed by atoms with Gasteiger partial charge in [-0.3, -0.25) is 4.79 Å². The van der Waals surface area contributed by atoms with Crippen LogP contribution in [0.5, 0.6) is 0 Å². The van der Waals surface area contributed by atoms with Gasteiger partial charge in [-0.05, 0) is 47.1 Å². The van der Waals surface area contributed by atoms with Crippen LogP contribution in [0, 0.1) is 0 Å². The van der Waals surface area contributed by atoms with E-state index in [2.05, 4.69) is 16.8 Å². The first kappa shape index (κ1) is 30.4. The van der Waals surface area contributed by atoms with E-state index in [9.17, 15) is 14.7 Å². The van der Waals surface area contributed by atoms with Gasteiger partial charge in [0.1, 0.15) is 16.2 Å². The number of hydrogen-bond donors (Lipinski definition) is 1. The molecule has 0 saturated carbocycles. The average Bonchev–Trinajstić information content (AvgIpc) is 3.21. The van der Waals surface area contributed by atoms with Crippen molar-refractivity contribution in [2.24, 2.45) is 0 Å². The maximum absolute atomic E-state index is 12.6. The lowest BCUT2D eigenvalue weighted by molar-refractivity contribution is -0.156. The number of thiazole rings is 1. The number of carbonyl (C=O) groups excluding carboxylic acids is 1. The quantitative estimate of drug-likeness (QED) is 0.149. The van der Waals surface area contributed by atoms with E-state index in [0.29, 0.717) is 23.8 Å². The molecule has 0 fully saturated rings. The number of unbranched alkanes of at least 4 members (excludes halogenated alkanes) is 4. The molecule has 10 heteroatoms. The number of rotatable bonds is 14. The molecule has 200 valence electrons. The first-order valence-electron chi connectivity index (χ1n) is 12.3. The van der Waals surface area contributed by atoms with Gasteiger partial charge in [0, 0.05) is 31.1 Å². The zero-order valence-corrected chi connectivity index (χ0v) is 24.5. The van der Waals surface area contributed by atoms with Crippen molar-refractivity contribution in [2.45, 2.75) is 94.8 Å². The topological polar surface area (TPSA) is 92.6 Å². The summed E-state index contributed by atoms with van der Waals surface area (Å²) in [4.78, 5) is 35.1. The Morgan fingerprint density at radius 2 is 1.83 bits per heavy atom. The molecule has 0 aliphatic heterocycles. The number of anilines is 1. The minimum Gasteiger partial charge on any atom is -0.478 e. The maximum atomic E-state index is 12.6. The predicted octanol–water partition coefficient (Wildman–Crippen LogP) is 7.12. The summed E-state index contributed by atoms with van der Waals surface area (Å²) in [7, 11) is 0. The Bertz CT molecular complexity index is 1020. The summed E-state index contributed by atoms with van der Waals surface area (Å²) in [5, 5.41) is 11.6. The van der Waals surface area contributed by atoms with Gasteiger partial charge in [0.2, 0.25) is 0 Å². The van der Waals surface area contributed by atoms with Crippen LogP contribution in [-0.2, 0) is 16.0 Å². The molecular weight excluding hydrogens is 518 g/mol. The first-order chi connectivity index (χ1) is 16.8. The highest BCUT2D eigenvalue weighted by molar-refractivity contribution is 8.03. The number of carboxylic acids is 1. The second-order valence-electron chi connectivity index (χ2n) is 10.2. The largest absolute Gasteiger partial charge is 0.478 e. The van der Waals surface area contributed by atoms with E-state index in [4.69, 9.17) is 21.3 Å². The maximum Gasteiger partial charge on any atom is 0.337 e. The standard InChI is InChI=1S/C26H38ClN3O4S2/c1-7-8-9-10-11-13-30(21-20(27)15-18(16-28-21)22(31)32)14-12-19-17-35-24(29-19)36-26(5,6)23(33)34-25(2,3)4/h15-17H,7-14H2,1-6H3,(H,31,32). The molecule has 2 rings (SSSR count). The highest BCUT2D eigenvalue weighted by Crippen LogP contribution is 2.36. The molecule has 0 atom stereocenters. The molecule has 2 heterocycles. The molecule has 2 aromatic heterocycles. The molecule has 0 aliphatic carbocycles. The van der Waals surface area contributed by atoms with E-state index in [1.807, 2.05) is 40.0 Å². The van der Waals surface area contributed by atoms with Crippen LogP contribution in [0.3, 0.4) is 0 Å². The molecule has 0 unspecified atom stereocenters. The summed E-state index contributed by atoms with van der Waals surface area (Å²) in [5.74, 6) is -0.728. The molecule has 0 aromatic carbocycles. The number of halogens is 1. The molecule has 2 aromatic rings. The SMILES string of the molecule is CCCCCCCN(CCc1csc(SC(C)(C)C(=O)OC(C)(C)C)n1)c1ncc(C(=O)O)cc1Cl. The molecule has 0 saturated heterocycles. The fourth-order valence-electron chi connectivity index (χ4n) is 3.37. The van der Waals surface area contributed by atoms with Crippen LogP contribution in [0.2, 0.25) is 5.02 Å². The molecule has 1 N–H and O–H groups in total. The highest BCUT2D eigenvalue weighted by atomic mass is 35.5. The van der Waals surface area contributed by atoms with Gasteiger partial charge in [0.25, 0.3) is 0 Å². The van der Waals surface area contributed by atoms with E-state index in [0.717, 1.165) is 29.4 Å². The van der Waals surface area contributed by atoms with Crippen LogP contribution in [0.1, 0.15) is 89.7 Å². The highest BCUT2D eigenvalue weighted by Gasteiger charge is 2.34. The monoisotopic (exact) mass is 555 g/mol. The number of hydrogen-bond acceptors (Lipinski definition) is 8. The van der Waals surface area contributed by atoms with Crippen molar-refractivity contribution in [3.8, 4) is 0 Å². The van der Waals surface area contributed by atoms with Crippen LogP contribution in [0.4, 0.5) is 5.82 Å². The molecule has 36 heavy (non-hydrogen) atoms. The predicted molar refractivity (Wildman–Crippen MR) is 149 cm³/mol. The van der Waals surface area contributed by atoms with Crippen LogP contribution in [0.25, 0.3) is 0 Å². The fourth-order valence-corrected chi connectivity index (χ4v) is 5.92. The van der Waals surface area contributed by atoms with Crippen LogP contribution in [-0.4, -0.2) is 50.5 Å². The Hall–Kier alpha value is -1.84. The van der Waals surface area contributed by atoms with E-state index >= 15 is 0 Å². The number of nitrogens with zero attached hydrogens (tertiary/aromatic N) is 3. The van der Waals surface area contributed by atoms with E-state index in [1.165, 1.54) is 54.6 Å². The van der Waals surface area contributed by atoms with Gasteiger partial charge in [-0.2, -0.15) is 0 Å². The van der Waals surface area contributed by atoms with E-state index < -0.39 is 16.3 Å². The molecule has 0 bridgehead atoms. The number of ether oxygens (including phenoxy) is 1. The lowest BCUT2D eigenvalue weighted by atomic mass is 10.1. The molecule has 0 aliphatic rings. The lowest BCUT2D eigenvalue weighted by Gasteiger charge is -2.27. The number of aromatic carboxylic acids is 1. The number of aromatic nitrogens is 2. The summed E-state index contributed by atoms with van der Waals surface area (Å²) >= 11 is 9.35. The van der Waals surface area contributed by atoms with Crippen LogP contribution >= 0.6 is 34.7 Å². The molecule has 7 nitrogen and oxygen atoms in total. The number of thioether (sulfide) groups is 1. The summed E-state index contributed by atoms with van der Waals surface area (Å²) < 4.78 is 5.62. The van der Waals surface area contributed by atoms with Gasteiger partial charge in [0.05, 0.1) is 16.3 Å². The Morgan fingerprint density at radius 3 is 2.44 bits per heavy atom. The van der Waals surface area contributed by atoms with Gasteiger partial charge in [-0.25, -0.2) is 14.8 Å². The van der Waals surface area contributed by atoms with Crippen LogP contribution < -0.4 is 4.90 Å². The Kier molecular flexibility index (Phi) is 11.5. The molecular formula is C26H38ClN3O4S2. The molecule has 0 amide bonds. The minimum absolute atomic E-state index is 0.0698. The van der Waals surface area contributed by atoms with Gasteiger partial charge < -0.3 is 14.7 Å².